The molecule has 5 heteroatoms. The Morgan fingerprint density at radius 2 is 1.45 bits per heavy atom. The molecule has 1 aliphatic heterocycles. The number of imide groups is 1. The topological polar surface area (TPSA) is 63.7 Å². The molecule has 3 aromatic rings. The normalized spacial score (nSPS) is 26.0. The lowest BCUT2D eigenvalue weighted by Crippen LogP contribution is -2.32. The van der Waals surface area contributed by atoms with Crippen molar-refractivity contribution in [3.8, 4) is 5.75 Å². The molecule has 1 heterocycles. The molecule has 2 bridgehead atoms. The molecule has 6 rings (SSSR count). The molecular weight excluding hydrogens is 390 g/mol. The van der Waals surface area contributed by atoms with Crippen molar-refractivity contribution in [2.45, 2.75) is 6.42 Å². The van der Waals surface area contributed by atoms with Gasteiger partial charge in [-0.25, -0.2) is 4.79 Å². The Hall–Kier alpha value is -3.73. The Balaban J connectivity index is 1.24. The largest absolute Gasteiger partial charge is 0.422 e. The summed E-state index contributed by atoms with van der Waals surface area (Å²) in [6.07, 6.45) is 5.05. The van der Waals surface area contributed by atoms with E-state index in [0.29, 0.717) is 17.0 Å². The van der Waals surface area contributed by atoms with Crippen molar-refractivity contribution >= 4 is 34.2 Å². The molecule has 5 nitrogen and oxygen atoms in total. The van der Waals surface area contributed by atoms with Gasteiger partial charge in [0, 0.05) is 5.39 Å². The van der Waals surface area contributed by atoms with E-state index in [9.17, 15) is 14.4 Å². The van der Waals surface area contributed by atoms with Gasteiger partial charge in [-0.2, -0.15) is 0 Å². The van der Waals surface area contributed by atoms with Crippen LogP contribution >= 0.6 is 0 Å². The third-order valence-electron chi connectivity index (χ3n) is 6.78. The van der Waals surface area contributed by atoms with Crippen molar-refractivity contribution in [3.63, 3.8) is 0 Å². The number of carbonyl (C=O) groups excluding carboxylic acids is 3. The maximum Gasteiger partial charge on any atom is 0.343 e. The summed E-state index contributed by atoms with van der Waals surface area (Å²) in [5, 5.41) is 1.85. The number of hydrogen-bond acceptors (Lipinski definition) is 4. The fraction of sp³-hybridized carbons (Fsp3) is 0.192. The molecule has 2 amide bonds. The van der Waals surface area contributed by atoms with Crippen LogP contribution in [-0.2, 0) is 9.59 Å². The van der Waals surface area contributed by atoms with E-state index in [1.807, 2.05) is 36.4 Å². The van der Waals surface area contributed by atoms with Crippen LogP contribution in [0.15, 0.2) is 78.9 Å². The third kappa shape index (κ3) is 2.66. The first-order valence-corrected chi connectivity index (χ1v) is 10.5. The molecule has 3 aromatic carbocycles. The van der Waals surface area contributed by atoms with Gasteiger partial charge in [0.15, 0.2) is 0 Å². The molecule has 2 aliphatic carbocycles. The molecule has 0 unspecified atom stereocenters. The lowest BCUT2D eigenvalue weighted by Gasteiger charge is -2.17. The Kier molecular flexibility index (Phi) is 3.87. The monoisotopic (exact) mass is 409 g/mol. The Morgan fingerprint density at radius 1 is 0.806 bits per heavy atom. The Bertz CT molecular complexity index is 1240. The molecule has 152 valence electrons. The number of esters is 1. The SMILES string of the molecule is O=C(Oc1cccc2ccccc12)c1ccc(N2C(=O)[C@H]3[C@H](C2=O)[C@H]2C=C[C@H]3C2)cc1. The zero-order valence-electron chi connectivity index (χ0n) is 16.6. The van der Waals surface area contributed by atoms with E-state index in [1.165, 1.54) is 4.90 Å². The molecule has 1 saturated heterocycles. The quantitative estimate of drug-likeness (QED) is 0.279. The summed E-state index contributed by atoms with van der Waals surface area (Å²) in [5.74, 6) is -0.375. The lowest BCUT2D eigenvalue weighted by molar-refractivity contribution is -0.123. The van der Waals surface area contributed by atoms with E-state index in [4.69, 9.17) is 4.74 Å². The average molecular weight is 409 g/mol. The fourth-order valence-corrected chi connectivity index (χ4v) is 5.35. The highest BCUT2D eigenvalue weighted by atomic mass is 16.5. The van der Waals surface area contributed by atoms with Crippen LogP contribution in [0.3, 0.4) is 0 Å². The minimum absolute atomic E-state index is 0.127. The van der Waals surface area contributed by atoms with E-state index in [1.54, 1.807) is 30.3 Å². The highest BCUT2D eigenvalue weighted by molar-refractivity contribution is 6.22. The molecule has 31 heavy (non-hydrogen) atoms. The van der Waals surface area contributed by atoms with Crippen LogP contribution in [0.1, 0.15) is 16.8 Å². The minimum atomic E-state index is -0.485. The number of benzene rings is 3. The van der Waals surface area contributed by atoms with E-state index >= 15 is 0 Å². The fourth-order valence-electron chi connectivity index (χ4n) is 5.35. The minimum Gasteiger partial charge on any atom is -0.422 e. The zero-order chi connectivity index (χ0) is 21.1. The summed E-state index contributed by atoms with van der Waals surface area (Å²) < 4.78 is 5.62. The summed E-state index contributed by atoms with van der Waals surface area (Å²) in [4.78, 5) is 39.9. The first kappa shape index (κ1) is 18.1. The van der Waals surface area contributed by atoms with E-state index < -0.39 is 5.97 Å². The number of hydrogen-bond donors (Lipinski definition) is 0. The second-order valence-corrected chi connectivity index (χ2v) is 8.43. The van der Waals surface area contributed by atoms with Crippen LogP contribution in [0.5, 0.6) is 5.75 Å². The van der Waals surface area contributed by atoms with Crippen LogP contribution in [0.2, 0.25) is 0 Å². The number of nitrogens with zero attached hydrogens (tertiary/aromatic N) is 1. The van der Waals surface area contributed by atoms with E-state index in [-0.39, 0.29) is 35.5 Å². The molecule has 1 saturated carbocycles. The van der Waals surface area contributed by atoms with E-state index in [0.717, 1.165) is 17.2 Å². The first-order valence-electron chi connectivity index (χ1n) is 10.5. The molecule has 0 spiro atoms. The molecule has 3 aliphatic rings. The maximum absolute atomic E-state index is 13.0. The molecule has 0 N–H and O–H groups in total. The predicted octanol–water partition coefficient (Wildman–Crippen LogP) is 4.37. The van der Waals surface area contributed by atoms with Gasteiger partial charge < -0.3 is 4.74 Å². The van der Waals surface area contributed by atoms with Gasteiger partial charge in [0.05, 0.1) is 23.1 Å². The standard InChI is InChI=1S/C26H19NO4/c28-24-22-17-8-9-18(14-17)23(22)25(29)27(24)19-12-10-16(11-13-19)26(30)31-21-7-3-5-15-4-1-2-6-20(15)21/h1-13,17-18,22-23H,14H2/t17-,18-,22+,23+/m0/s1. The number of allylic oxidation sites excluding steroid dienone is 2. The smallest absolute Gasteiger partial charge is 0.343 e. The molecule has 2 fully saturated rings. The number of ether oxygens (including phenoxy) is 1. The second kappa shape index (κ2) is 6.64. The van der Waals surface area contributed by atoms with Crippen molar-refractivity contribution in [1.82, 2.24) is 0 Å². The van der Waals surface area contributed by atoms with Gasteiger partial charge in [0.1, 0.15) is 5.75 Å². The number of amides is 2. The van der Waals surface area contributed by atoms with Crippen molar-refractivity contribution in [2.24, 2.45) is 23.7 Å². The Morgan fingerprint density at radius 3 is 2.16 bits per heavy atom. The summed E-state index contributed by atoms with van der Waals surface area (Å²) in [7, 11) is 0. The van der Waals surface area contributed by atoms with Crippen LogP contribution < -0.4 is 9.64 Å². The van der Waals surface area contributed by atoms with Crippen molar-refractivity contribution < 1.29 is 19.1 Å². The van der Waals surface area contributed by atoms with Crippen molar-refractivity contribution in [2.75, 3.05) is 4.90 Å². The maximum atomic E-state index is 13.0. The van der Waals surface area contributed by atoms with Gasteiger partial charge in [0.25, 0.3) is 0 Å². The number of rotatable bonds is 3. The summed E-state index contributed by atoms with van der Waals surface area (Å²) in [6.45, 7) is 0. The highest BCUT2D eigenvalue weighted by Crippen LogP contribution is 2.53. The Labute approximate surface area is 178 Å². The van der Waals surface area contributed by atoms with Crippen LogP contribution in [0.25, 0.3) is 10.8 Å². The van der Waals surface area contributed by atoms with Gasteiger partial charge >= 0.3 is 5.97 Å². The van der Waals surface area contributed by atoms with Gasteiger partial charge in [-0.05, 0) is 54.0 Å². The molecular formula is C26H19NO4. The van der Waals surface area contributed by atoms with Crippen molar-refractivity contribution in [1.29, 1.82) is 0 Å². The van der Waals surface area contributed by atoms with Gasteiger partial charge in [0.2, 0.25) is 11.8 Å². The van der Waals surface area contributed by atoms with Crippen LogP contribution in [0.4, 0.5) is 5.69 Å². The average Bonchev–Trinajstić information content (AvgIpc) is 3.48. The number of fused-ring (bicyclic) bond motifs is 6. The first-order chi connectivity index (χ1) is 15.1. The lowest BCUT2D eigenvalue weighted by atomic mass is 9.85. The summed E-state index contributed by atoms with van der Waals surface area (Å²) in [6, 6.07) is 19.8. The summed E-state index contributed by atoms with van der Waals surface area (Å²) >= 11 is 0. The van der Waals surface area contributed by atoms with Gasteiger partial charge in [-0.3, -0.25) is 14.5 Å². The molecule has 0 radical (unpaired) electrons. The predicted molar refractivity (Wildman–Crippen MR) is 116 cm³/mol. The number of anilines is 1. The molecule has 0 aromatic heterocycles. The third-order valence-corrected chi connectivity index (χ3v) is 6.78. The van der Waals surface area contributed by atoms with Crippen LogP contribution in [-0.4, -0.2) is 17.8 Å². The van der Waals surface area contributed by atoms with Crippen LogP contribution in [0, 0.1) is 23.7 Å². The molecule has 4 atom stereocenters. The van der Waals surface area contributed by atoms with Crippen molar-refractivity contribution in [3.05, 3.63) is 84.4 Å². The summed E-state index contributed by atoms with van der Waals surface area (Å²) in [5.41, 5.74) is 0.864. The zero-order valence-corrected chi connectivity index (χ0v) is 16.6. The highest BCUT2D eigenvalue weighted by Gasteiger charge is 2.59. The second-order valence-electron chi connectivity index (χ2n) is 8.43. The van der Waals surface area contributed by atoms with E-state index in [2.05, 4.69) is 12.2 Å². The number of carbonyl (C=O) groups is 3. The van der Waals surface area contributed by atoms with Gasteiger partial charge in [-0.15, -0.1) is 0 Å². The van der Waals surface area contributed by atoms with Gasteiger partial charge in [-0.1, -0.05) is 48.6 Å².